The molecule has 1 unspecified atom stereocenters. The summed E-state index contributed by atoms with van der Waals surface area (Å²) in [7, 11) is 0. The summed E-state index contributed by atoms with van der Waals surface area (Å²) < 4.78 is 0. The van der Waals surface area contributed by atoms with Crippen molar-refractivity contribution in [3.63, 3.8) is 0 Å². The van der Waals surface area contributed by atoms with Crippen molar-refractivity contribution >= 4 is 5.91 Å². The Morgan fingerprint density at radius 1 is 1.26 bits per heavy atom. The van der Waals surface area contributed by atoms with Gasteiger partial charge in [-0.05, 0) is 5.56 Å². The van der Waals surface area contributed by atoms with Crippen molar-refractivity contribution in [2.75, 3.05) is 6.54 Å². The van der Waals surface area contributed by atoms with E-state index in [9.17, 15) is 9.59 Å². The molecule has 0 aliphatic carbocycles. The molecule has 1 atom stereocenters. The third kappa shape index (κ3) is 3.08. The minimum absolute atomic E-state index is 0.0804. The molecule has 5 nitrogen and oxygen atoms in total. The van der Waals surface area contributed by atoms with E-state index >= 15 is 0 Å². The molecule has 0 saturated carbocycles. The number of rotatable bonds is 4. The summed E-state index contributed by atoms with van der Waals surface area (Å²) >= 11 is 0. The van der Waals surface area contributed by atoms with Crippen molar-refractivity contribution in [3.8, 4) is 0 Å². The molecule has 4 N–H and O–H groups in total. The molecule has 2 aromatic rings. The van der Waals surface area contributed by atoms with Crippen molar-refractivity contribution in [3.05, 3.63) is 70.1 Å². The molecule has 1 aromatic carbocycles. The number of hydrogen-bond acceptors (Lipinski definition) is 3. The molecule has 0 aliphatic rings. The number of aromatic nitrogens is 1. The number of aromatic amines is 1. The Kier molecular flexibility index (Phi) is 4.10. The van der Waals surface area contributed by atoms with Crippen LogP contribution in [0, 0.1) is 0 Å². The maximum absolute atomic E-state index is 12.0. The lowest BCUT2D eigenvalue weighted by molar-refractivity contribution is 0.0936. The van der Waals surface area contributed by atoms with Gasteiger partial charge in [0, 0.05) is 25.0 Å². The second-order valence-electron chi connectivity index (χ2n) is 4.09. The summed E-state index contributed by atoms with van der Waals surface area (Å²) in [6.07, 6.45) is 2.87. The molecule has 0 saturated heterocycles. The molecule has 1 heterocycles. The highest BCUT2D eigenvalue weighted by atomic mass is 16.2. The fraction of sp³-hybridized carbons (Fsp3) is 0.143. The predicted molar refractivity (Wildman–Crippen MR) is 72.8 cm³/mol. The Morgan fingerprint density at radius 2 is 2.00 bits per heavy atom. The molecular weight excluding hydrogens is 242 g/mol. The van der Waals surface area contributed by atoms with Crippen LogP contribution in [0.1, 0.15) is 22.0 Å². The van der Waals surface area contributed by atoms with Gasteiger partial charge in [-0.1, -0.05) is 30.3 Å². The molecule has 0 aliphatic heterocycles. The molecule has 2 rings (SSSR count). The van der Waals surface area contributed by atoms with Crippen LogP contribution in [0.4, 0.5) is 0 Å². The van der Waals surface area contributed by atoms with E-state index in [4.69, 9.17) is 5.73 Å². The Morgan fingerprint density at radius 3 is 2.63 bits per heavy atom. The smallest absolute Gasteiger partial charge is 0.257 e. The van der Waals surface area contributed by atoms with E-state index < -0.39 is 5.91 Å². The second kappa shape index (κ2) is 5.97. The van der Waals surface area contributed by atoms with E-state index in [-0.39, 0.29) is 23.6 Å². The fourth-order valence-corrected chi connectivity index (χ4v) is 1.79. The summed E-state index contributed by atoms with van der Waals surface area (Å²) in [5.74, 6) is -0.429. The van der Waals surface area contributed by atoms with Crippen LogP contribution in [0.15, 0.2) is 53.6 Å². The zero-order valence-electron chi connectivity index (χ0n) is 10.3. The topological polar surface area (TPSA) is 88.0 Å². The SMILES string of the molecule is NCC(NC(=O)c1c[nH]ccc1=O)c1ccccc1. The van der Waals surface area contributed by atoms with Gasteiger partial charge in [-0.3, -0.25) is 9.59 Å². The van der Waals surface area contributed by atoms with Crippen molar-refractivity contribution in [1.29, 1.82) is 0 Å². The molecule has 0 bridgehead atoms. The first-order valence-electron chi connectivity index (χ1n) is 5.95. The van der Waals surface area contributed by atoms with Crippen LogP contribution in [0.25, 0.3) is 0 Å². The van der Waals surface area contributed by atoms with Gasteiger partial charge in [-0.25, -0.2) is 0 Å². The molecule has 1 amide bonds. The van der Waals surface area contributed by atoms with Crippen LogP contribution in [0.3, 0.4) is 0 Å². The number of hydrogen-bond donors (Lipinski definition) is 3. The normalized spacial score (nSPS) is 11.8. The van der Waals surface area contributed by atoms with E-state index in [1.807, 2.05) is 30.3 Å². The largest absolute Gasteiger partial charge is 0.367 e. The van der Waals surface area contributed by atoms with E-state index in [0.29, 0.717) is 0 Å². The minimum atomic E-state index is -0.429. The Hall–Kier alpha value is -2.40. The maximum atomic E-state index is 12.0. The van der Waals surface area contributed by atoms with Crippen molar-refractivity contribution in [1.82, 2.24) is 10.3 Å². The quantitative estimate of drug-likeness (QED) is 0.757. The number of nitrogens with one attached hydrogen (secondary N) is 2. The highest BCUT2D eigenvalue weighted by Crippen LogP contribution is 2.11. The van der Waals surface area contributed by atoms with Gasteiger partial charge in [-0.15, -0.1) is 0 Å². The van der Waals surface area contributed by atoms with Crippen molar-refractivity contribution < 1.29 is 4.79 Å². The number of amides is 1. The molecule has 1 aromatic heterocycles. The monoisotopic (exact) mass is 257 g/mol. The van der Waals surface area contributed by atoms with Crippen molar-refractivity contribution in [2.24, 2.45) is 5.73 Å². The molecule has 5 heteroatoms. The summed E-state index contributed by atoms with van der Waals surface area (Å²) in [6, 6.07) is 10.4. The van der Waals surface area contributed by atoms with E-state index in [1.54, 1.807) is 0 Å². The van der Waals surface area contributed by atoms with E-state index in [0.717, 1.165) is 5.56 Å². The summed E-state index contributed by atoms with van der Waals surface area (Å²) in [5.41, 5.74) is 6.34. The molecular formula is C14H15N3O2. The molecule has 98 valence electrons. The predicted octanol–water partition coefficient (Wildman–Crippen LogP) is 0.805. The van der Waals surface area contributed by atoms with Gasteiger partial charge in [0.1, 0.15) is 5.56 Å². The Labute approximate surface area is 110 Å². The number of benzene rings is 1. The third-order valence-electron chi connectivity index (χ3n) is 2.81. The highest BCUT2D eigenvalue weighted by Gasteiger charge is 2.15. The third-order valence-corrected chi connectivity index (χ3v) is 2.81. The van der Waals surface area contributed by atoms with Gasteiger partial charge in [0.15, 0.2) is 5.43 Å². The number of carbonyl (C=O) groups excluding carboxylic acids is 1. The Bertz CT molecular complexity index is 607. The number of carbonyl (C=O) groups is 1. The summed E-state index contributed by atoms with van der Waals surface area (Å²) in [4.78, 5) is 26.3. The average Bonchev–Trinajstić information content (AvgIpc) is 2.46. The lowest BCUT2D eigenvalue weighted by atomic mass is 10.1. The molecule has 0 fully saturated rings. The first-order valence-corrected chi connectivity index (χ1v) is 5.95. The zero-order chi connectivity index (χ0) is 13.7. The van der Waals surface area contributed by atoms with E-state index in [1.165, 1.54) is 18.5 Å². The molecule has 0 radical (unpaired) electrons. The zero-order valence-corrected chi connectivity index (χ0v) is 10.3. The lowest BCUT2D eigenvalue weighted by Gasteiger charge is -2.16. The number of H-pyrrole nitrogens is 1. The van der Waals surface area contributed by atoms with Crippen molar-refractivity contribution in [2.45, 2.75) is 6.04 Å². The van der Waals surface area contributed by atoms with Gasteiger partial charge >= 0.3 is 0 Å². The van der Waals surface area contributed by atoms with Gasteiger partial charge in [0.25, 0.3) is 5.91 Å². The minimum Gasteiger partial charge on any atom is -0.367 e. The van der Waals surface area contributed by atoms with Gasteiger partial charge in [-0.2, -0.15) is 0 Å². The van der Waals surface area contributed by atoms with E-state index in [2.05, 4.69) is 10.3 Å². The summed E-state index contributed by atoms with van der Waals surface area (Å²) in [6.45, 7) is 0.264. The van der Waals surface area contributed by atoms with Crippen LogP contribution in [0.5, 0.6) is 0 Å². The lowest BCUT2D eigenvalue weighted by Crippen LogP contribution is -2.35. The maximum Gasteiger partial charge on any atom is 0.257 e. The van der Waals surface area contributed by atoms with Gasteiger partial charge in [0.05, 0.1) is 6.04 Å². The highest BCUT2D eigenvalue weighted by molar-refractivity contribution is 5.94. The van der Waals surface area contributed by atoms with Crippen LogP contribution in [-0.2, 0) is 0 Å². The Balaban J connectivity index is 2.18. The fourth-order valence-electron chi connectivity index (χ4n) is 1.79. The van der Waals surface area contributed by atoms with Crippen LogP contribution in [-0.4, -0.2) is 17.4 Å². The second-order valence-corrected chi connectivity index (χ2v) is 4.09. The first kappa shape index (κ1) is 13.0. The van der Waals surface area contributed by atoms with Crippen LogP contribution >= 0.6 is 0 Å². The summed E-state index contributed by atoms with van der Waals surface area (Å²) in [5, 5.41) is 2.76. The molecule has 0 spiro atoms. The first-order chi connectivity index (χ1) is 9.22. The van der Waals surface area contributed by atoms with Gasteiger partial charge < -0.3 is 16.0 Å². The molecule has 19 heavy (non-hydrogen) atoms. The van der Waals surface area contributed by atoms with Gasteiger partial charge in [0.2, 0.25) is 0 Å². The van der Waals surface area contributed by atoms with Crippen LogP contribution < -0.4 is 16.5 Å². The van der Waals surface area contributed by atoms with Crippen LogP contribution in [0.2, 0.25) is 0 Å². The number of pyridine rings is 1. The standard InChI is InChI=1S/C14H15N3O2/c15-8-12(10-4-2-1-3-5-10)17-14(19)11-9-16-7-6-13(11)18/h1-7,9,12H,8,15H2,(H,16,18)(H,17,19). The number of nitrogens with two attached hydrogens (primary N) is 1. The average molecular weight is 257 g/mol.